The van der Waals surface area contributed by atoms with Crippen molar-refractivity contribution in [3.05, 3.63) is 54.1 Å². The number of nitrogens with one attached hydrogen (secondary N) is 2. The molecule has 0 radical (unpaired) electrons. The minimum atomic E-state index is 0.842. The van der Waals surface area contributed by atoms with Crippen LogP contribution < -0.4 is 10.6 Å². The summed E-state index contributed by atoms with van der Waals surface area (Å²) in [4.78, 5) is 4.39. The molecule has 19 heavy (non-hydrogen) atoms. The van der Waals surface area contributed by atoms with Crippen molar-refractivity contribution in [3.63, 3.8) is 0 Å². The van der Waals surface area contributed by atoms with E-state index in [0.29, 0.717) is 0 Å². The van der Waals surface area contributed by atoms with Gasteiger partial charge in [0.15, 0.2) is 5.96 Å². The topological polar surface area (TPSA) is 36.4 Å². The van der Waals surface area contributed by atoms with Crippen LogP contribution in [0.1, 0.15) is 5.56 Å². The van der Waals surface area contributed by atoms with E-state index in [9.17, 15) is 0 Å². The predicted octanol–water partition coefficient (Wildman–Crippen LogP) is 3.03. The zero-order chi connectivity index (χ0) is 13.1. The molecule has 1 aliphatic rings. The molecule has 3 rings (SSSR count). The molecule has 0 aliphatic carbocycles. The van der Waals surface area contributed by atoms with Crippen molar-refractivity contribution in [2.75, 3.05) is 18.4 Å². The Morgan fingerprint density at radius 1 is 1.11 bits per heavy atom. The highest BCUT2D eigenvalue weighted by molar-refractivity contribution is 5.98. The van der Waals surface area contributed by atoms with Crippen molar-refractivity contribution in [2.24, 2.45) is 4.99 Å². The molecule has 0 unspecified atom stereocenters. The van der Waals surface area contributed by atoms with Crippen LogP contribution in [0.2, 0.25) is 0 Å². The number of rotatable bonds is 2. The highest BCUT2D eigenvalue weighted by Gasteiger charge is 2.09. The number of anilines is 1. The molecule has 3 nitrogen and oxygen atoms in total. The van der Waals surface area contributed by atoms with Gasteiger partial charge in [-0.25, -0.2) is 0 Å². The Morgan fingerprint density at radius 3 is 2.68 bits per heavy atom. The average Bonchev–Trinajstić information content (AvgIpc) is 2.93. The van der Waals surface area contributed by atoms with Gasteiger partial charge in [0, 0.05) is 17.8 Å². The van der Waals surface area contributed by atoms with E-state index in [2.05, 4.69) is 65.0 Å². The van der Waals surface area contributed by atoms with Crippen LogP contribution in [-0.2, 0) is 0 Å². The van der Waals surface area contributed by atoms with E-state index in [4.69, 9.17) is 0 Å². The van der Waals surface area contributed by atoms with E-state index < -0.39 is 0 Å². The molecule has 0 saturated carbocycles. The van der Waals surface area contributed by atoms with Gasteiger partial charge in [-0.05, 0) is 24.1 Å². The Kier molecular flexibility index (Phi) is 3.19. The molecule has 0 amide bonds. The lowest BCUT2D eigenvalue weighted by Crippen LogP contribution is -2.26. The van der Waals surface area contributed by atoms with Crippen molar-refractivity contribution < 1.29 is 0 Å². The first-order valence-electron chi connectivity index (χ1n) is 6.54. The zero-order valence-corrected chi connectivity index (χ0v) is 11.0. The lowest BCUT2D eigenvalue weighted by molar-refractivity contribution is 0.959. The number of hydrogen-bond donors (Lipinski definition) is 2. The molecule has 0 saturated heterocycles. The van der Waals surface area contributed by atoms with Crippen LogP contribution in [0.3, 0.4) is 0 Å². The summed E-state index contributed by atoms with van der Waals surface area (Å²) >= 11 is 0. The summed E-state index contributed by atoms with van der Waals surface area (Å²) in [6.07, 6.45) is 0. The Labute approximate surface area is 113 Å². The van der Waals surface area contributed by atoms with E-state index in [0.717, 1.165) is 24.7 Å². The second-order valence-electron chi connectivity index (χ2n) is 4.70. The van der Waals surface area contributed by atoms with E-state index in [1.54, 1.807) is 0 Å². The van der Waals surface area contributed by atoms with Crippen molar-refractivity contribution in [2.45, 2.75) is 6.92 Å². The second kappa shape index (κ2) is 5.14. The molecule has 0 aromatic heterocycles. The number of guanidine groups is 1. The molecule has 0 bridgehead atoms. The molecular formula is C16H17N3. The van der Waals surface area contributed by atoms with Crippen LogP contribution in [0.15, 0.2) is 53.5 Å². The summed E-state index contributed by atoms with van der Waals surface area (Å²) in [5, 5.41) is 6.63. The SMILES string of the molecule is Cc1ccc(-c2ccccc2)c(NC2=NCCN2)c1. The lowest BCUT2D eigenvalue weighted by atomic mass is 10.0. The van der Waals surface area contributed by atoms with Crippen LogP contribution in [0.4, 0.5) is 5.69 Å². The zero-order valence-electron chi connectivity index (χ0n) is 11.0. The highest BCUT2D eigenvalue weighted by Crippen LogP contribution is 2.28. The van der Waals surface area contributed by atoms with E-state index in [-0.39, 0.29) is 0 Å². The quantitative estimate of drug-likeness (QED) is 0.860. The van der Waals surface area contributed by atoms with E-state index in [1.807, 2.05) is 6.07 Å². The van der Waals surface area contributed by atoms with Crippen molar-refractivity contribution in [3.8, 4) is 11.1 Å². The van der Waals surface area contributed by atoms with Gasteiger partial charge in [0.1, 0.15) is 0 Å². The highest BCUT2D eigenvalue weighted by atomic mass is 15.2. The minimum Gasteiger partial charge on any atom is -0.354 e. The van der Waals surface area contributed by atoms with E-state index in [1.165, 1.54) is 16.7 Å². The maximum Gasteiger partial charge on any atom is 0.195 e. The molecular weight excluding hydrogens is 234 g/mol. The molecule has 0 fully saturated rings. The first-order valence-corrected chi connectivity index (χ1v) is 6.54. The van der Waals surface area contributed by atoms with Crippen LogP contribution in [0, 0.1) is 6.92 Å². The molecule has 0 atom stereocenters. The minimum absolute atomic E-state index is 0.842. The number of hydrogen-bond acceptors (Lipinski definition) is 3. The number of aliphatic imine (C=N–C) groups is 1. The largest absolute Gasteiger partial charge is 0.354 e. The fraction of sp³-hybridized carbons (Fsp3) is 0.188. The lowest BCUT2D eigenvalue weighted by Gasteiger charge is -2.13. The Balaban J connectivity index is 1.99. The fourth-order valence-corrected chi connectivity index (χ4v) is 2.24. The number of benzene rings is 2. The second-order valence-corrected chi connectivity index (χ2v) is 4.70. The third kappa shape index (κ3) is 2.60. The van der Waals surface area contributed by atoms with Gasteiger partial charge < -0.3 is 10.6 Å². The molecule has 0 spiro atoms. The van der Waals surface area contributed by atoms with Crippen LogP contribution in [0.5, 0.6) is 0 Å². The average molecular weight is 251 g/mol. The summed E-state index contributed by atoms with van der Waals surface area (Å²) in [6.45, 7) is 3.85. The summed E-state index contributed by atoms with van der Waals surface area (Å²) < 4.78 is 0. The fourth-order valence-electron chi connectivity index (χ4n) is 2.24. The van der Waals surface area contributed by atoms with Crippen molar-refractivity contribution >= 4 is 11.6 Å². The van der Waals surface area contributed by atoms with Crippen LogP contribution in [0.25, 0.3) is 11.1 Å². The maximum atomic E-state index is 4.39. The number of nitrogens with zero attached hydrogens (tertiary/aromatic N) is 1. The maximum absolute atomic E-state index is 4.39. The van der Waals surface area contributed by atoms with Gasteiger partial charge in [-0.15, -0.1) is 0 Å². The molecule has 2 aromatic rings. The van der Waals surface area contributed by atoms with E-state index >= 15 is 0 Å². The Morgan fingerprint density at radius 2 is 1.95 bits per heavy atom. The monoisotopic (exact) mass is 251 g/mol. The standard InChI is InChI=1S/C16H17N3/c1-12-7-8-14(13-5-3-2-4-6-13)15(11-12)19-16-17-9-10-18-16/h2-8,11H,9-10H2,1H3,(H2,17,18,19). The molecule has 96 valence electrons. The van der Waals surface area contributed by atoms with Gasteiger partial charge in [-0.1, -0.05) is 42.5 Å². The van der Waals surface area contributed by atoms with Crippen LogP contribution in [-0.4, -0.2) is 19.0 Å². The third-order valence-corrected chi connectivity index (χ3v) is 3.19. The third-order valence-electron chi connectivity index (χ3n) is 3.19. The first kappa shape index (κ1) is 11.8. The molecule has 1 aliphatic heterocycles. The molecule has 2 aromatic carbocycles. The van der Waals surface area contributed by atoms with Crippen molar-refractivity contribution in [1.29, 1.82) is 0 Å². The predicted molar refractivity (Wildman–Crippen MR) is 80.5 cm³/mol. The first-order chi connectivity index (χ1) is 9.33. The molecule has 1 heterocycles. The van der Waals surface area contributed by atoms with Gasteiger partial charge in [0.05, 0.1) is 6.54 Å². The normalized spacial score (nSPS) is 13.8. The molecule has 3 heteroatoms. The number of aryl methyl sites for hydroxylation is 1. The van der Waals surface area contributed by atoms with Gasteiger partial charge in [0.2, 0.25) is 0 Å². The smallest absolute Gasteiger partial charge is 0.195 e. The van der Waals surface area contributed by atoms with Gasteiger partial charge in [0.25, 0.3) is 0 Å². The van der Waals surface area contributed by atoms with Gasteiger partial charge >= 0.3 is 0 Å². The summed E-state index contributed by atoms with van der Waals surface area (Å²) in [6, 6.07) is 16.9. The summed E-state index contributed by atoms with van der Waals surface area (Å²) in [5.41, 5.74) is 4.74. The molecule has 2 N–H and O–H groups in total. The Bertz CT molecular complexity index is 603. The summed E-state index contributed by atoms with van der Waals surface area (Å²) in [5.74, 6) is 0.864. The Hall–Kier alpha value is -2.29. The van der Waals surface area contributed by atoms with Gasteiger partial charge in [-0.2, -0.15) is 0 Å². The van der Waals surface area contributed by atoms with Gasteiger partial charge in [-0.3, -0.25) is 4.99 Å². The summed E-state index contributed by atoms with van der Waals surface area (Å²) in [7, 11) is 0. The van der Waals surface area contributed by atoms with Crippen molar-refractivity contribution in [1.82, 2.24) is 5.32 Å². The van der Waals surface area contributed by atoms with Crippen LogP contribution >= 0.6 is 0 Å².